The first-order valence-corrected chi connectivity index (χ1v) is 8.40. The molecule has 1 aromatic heterocycles. The lowest BCUT2D eigenvalue weighted by molar-refractivity contribution is -0.126. The van der Waals surface area contributed by atoms with Gasteiger partial charge in [-0.1, -0.05) is 12.1 Å². The second-order valence-corrected chi connectivity index (χ2v) is 6.11. The lowest BCUT2D eigenvalue weighted by atomic mass is 10.2. The van der Waals surface area contributed by atoms with Crippen molar-refractivity contribution in [2.45, 2.75) is 0 Å². The van der Waals surface area contributed by atoms with Crippen LogP contribution < -0.4 is 9.64 Å². The summed E-state index contributed by atoms with van der Waals surface area (Å²) in [5.41, 5.74) is 0.987. The van der Waals surface area contributed by atoms with Gasteiger partial charge >= 0.3 is 0 Å². The number of hydrogen-bond donors (Lipinski definition) is 0. The predicted octanol–water partition coefficient (Wildman–Crippen LogP) is 2.51. The van der Waals surface area contributed by atoms with Crippen LogP contribution in [0.4, 0.5) is 5.13 Å². The van der Waals surface area contributed by atoms with Crippen LogP contribution in [-0.2, 0) is 4.79 Å². The molecule has 1 aliphatic heterocycles. The Kier molecular flexibility index (Phi) is 4.92. The van der Waals surface area contributed by atoms with Crippen molar-refractivity contribution in [3.05, 3.63) is 47.5 Å². The van der Waals surface area contributed by atoms with Crippen molar-refractivity contribution in [1.29, 1.82) is 0 Å². The minimum atomic E-state index is 0.0552. The fourth-order valence-electron chi connectivity index (χ4n) is 2.48. The Labute approximate surface area is 139 Å². The van der Waals surface area contributed by atoms with E-state index in [1.165, 1.54) is 0 Å². The first-order chi connectivity index (χ1) is 11.3. The summed E-state index contributed by atoms with van der Waals surface area (Å²) in [6, 6.07) is 7.64. The Bertz CT molecular complexity index is 660. The molecule has 120 valence electrons. The van der Waals surface area contributed by atoms with Gasteiger partial charge in [-0.05, 0) is 23.8 Å². The van der Waals surface area contributed by atoms with Crippen LogP contribution in [-0.4, -0.2) is 49.1 Å². The number of nitrogens with zero attached hydrogens (tertiary/aromatic N) is 3. The number of amides is 1. The number of thiazole rings is 1. The number of carbonyl (C=O) groups is 1. The number of rotatable bonds is 4. The molecule has 23 heavy (non-hydrogen) atoms. The van der Waals surface area contributed by atoms with Crippen LogP contribution in [0.15, 0.2) is 41.9 Å². The van der Waals surface area contributed by atoms with Crippen molar-refractivity contribution >= 4 is 28.5 Å². The average Bonchev–Trinajstić information content (AvgIpc) is 3.15. The minimum Gasteiger partial charge on any atom is -0.497 e. The van der Waals surface area contributed by atoms with E-state index >= 15 is 0 Å². The van der Waals surface area contributed by atoms with Crippen LogP contribution >= 0.6 is 11.3 Å². The summed E-state index contributed by atoms with van der Waals surface area (Å²) in [5.74, 6) is 0.867. The molecular formula is C17H19N3O2S. The molecule has 0 radical (unpaired) electrons. The Hall–Kier alpha value is -2.34. The summed E-state index contributed by atoms with van der Waals surface area (Å²) in [6.45, 7) is 3.11. The smallest absolute Gasteiger partial charge is 0.246 e. The van der Waals surface area contributed by atoms with Crippen molar-refractivity contribution in [2.75, 3.05) is 38.2 Å². The van der Waals surface area contributed by atoms with E-state index in [0.717, 1.165) is 42.6 Å². The predicted molar refractivity (Wildman–Crippen MR) is 92.9 cm³/mol. The zero-order valence-electron chi connectivity index (χ0n) is 13.0. The molecule has 5 nitrogen and oxygen atoms in total. The van der Waals surface area contributed by atoms with E-state index in [1.807, 2.05) is 46.8 Å². The molecule has 2 heterocycles. The maximum atomic E-state index is 12.3. The van der Waals surface area contributed by atoms with Crippen LogP contribution in [0.5, 0.6) is 5.75 Å². The Morgan fingerprint density at radius 3 is 2.57 bits per heavy atom. The molecular weight excluding hydrogens is 310 g/mol. The molecule has 1 saturated heterocycles. The summed E-state index contributed by atoms with van der Waals surface area (Å²) < 4.78 is 5.12. The molecule has 0 saturated carbocycles. The Balaban J connectivity index is 1.53. The van der Waals surface area contributed by atoms with Crippen LogP contribution in [0.25, 0.3) is 6.08 Å². The molecule has 6 heteroatoms. The van der Waals surface area contributed by atoms with Gasteiger partial charge in [0.15, 0.2) is 5.13 Å². The highest BCUT2D eigenvalue weighted by atomic mass is 32.1. The first kappa shape index (κ1) is 15.6. The molecule has 0 bridgehead atoms. The zero-order valence-corrected chi connectivity index (χ0v) is 13.8. The summed E-state index contributed by atoms with van der Waals surface area (Å²) in [5, 5.41) is 3.01. The van der Waals surface area contributed by atoms with Gasteiger partial charge in [-0.15, -0.1) is 11.3 Å². The van der Waals surface area contributed by atoms with Crippen LogP contribution in [0.3, 0.4) is 0 Å². The number of carbonyl (C=O) groups excluding carboxylic acids is 1. The van der Waals surface area contributed by atoms with Crippen molar-refractivity contribution in [3.8, 4) is 5.75 Å². The van der Waals surface area contributed by atoms with Crippen molar-refractivity contribution in [2.24, 2.45) is 0 Å². The lowest BCUT2D eigenvalue weighted by Crippen LogP contribution is -2.48. The van der Waals surface area contributed by atoms with E-state index < -0.39 is 0 Å². The monoisotopic (exact) mass is 329 g/mol. The number of anilines is 1. The second-order valence-electron chi connectivity index (χ2n) is 5.23. The molecule has 1 aliphatic rings. The van der Waals surface area contributed by atoms with E-state index in [-0.39, 0.29) is 5.91 Å². The third-order valence-corrected chi connectivity index (χ3v) is 4.65. The summed E-state index contributed by atoms with van der Waals surface area (Å²) in [6.07, 6.45) is 5.30. The topological polar surface area (TPSA) is 45.7 Å². The lowest BCUT2D eigenvalue weighted by Gasteiger charge is -2.34. The van der Waals surface area contributed by atoms with Gasteiger partial charge in [-0.25, -0.2) is 4.98 Å². The molecule has 0 unspecified atom stereocenters. The van der Waals surface area contributed by atoms with Crippen LogP contribution in [0.2, 0.25) is 0 Å². The third-order valence-electron chi connectivity index (χ3n) is 3.82. The molecule has 0 N–H and O–H groups in total. The van der Waals surface area contributed by atoms with Gasteiger partial charge < -0.3 is 14.5 Å². The zero-order chi connectivity index (χ0) is 16.1. The number of piperazine rings is 1. The highest BCUT2D eigenvalue weighted by Gasteiger charge is 2.20. The highest BCUT2D eigenvalue weighted by molar-refractivity contribution is 7.13. The fraction of sp³-hybridized carbons (Fsp3) is 0.294. The first-order valence-electron chi connectivity index (χ1n) is 7.52. The Morgan fingerprint density at radius 1 is 1.22 bits per heavy atom. The molecule has 0 spiro atoms. The van der Waals surface area contributed by atoms with Gasteiger partial charge in [0.2, 0.25) is 5.91 Å². The van der Waals surface area contributed by atoms with Crippen molar-refractivity contribution in [1.82, 2.24) is 9.88 Å². The number of hydrogen-bond acceptors (Lipinski definition) is 5. The van der Waals surface area contributed by atoms with E-state index in [1.54, 1.807) is 24.5 Å². The number of ether oxygens (including phenoxy) is 1. The maximum absolute atomic E-state index is 12.3. The fourth-order valence-corrected chi connectivity index (χ4v) is 3.17. The van der Waals surface area contributed by atoms with E-state index in [9.17, 15) is 4.79 Å². The molecule has 0 aliphatic carbocycles. The van der Waals surface area contributed by atoms with Crippen molar-refractivity contribution < 1.29 is 9.53 Å². The van der Waals surface area contributed by atoms with Gasteiger partial charge in [0.05, 0.1) is 7.11 Å². The maximum Gasteiger partial charge on any atom is 0.246 e. The largest absolute Gasteiger partial charge is 0.497 e. The van der Waals surface area contributed by atoms with Gasteiger partial charge in [-0.3, -0.25) is 4.79 Å². The average molecular weight is 329 g/mol. The molecule has 2 aromatic rings. The second kappa shape index (κ2) is 7.28. The van der Waals surface area contributed by atoms with Crippen LogP contribution in [0.1, 0.15) is 5.56 Å². The molecule has 1 aromatic carbocycles. The van der Waals surface area contributed by atoms with E-state index in [4.69, 9.17) is 4.74 Å². The highest BCUT2D eigenvalue weighted by Crippen LogP contribution is 2.19. The van der Waals surface area contributed by atoms with Gasteiger partial charge in [0.1, 0.15) is 5.75 Å². The molecule has 3 rings (SSSR count). The summed E-state index contributed by atoms with van der Waals surface area (Å²) >= 11 is 1.64. The van der Waals surface area contributed by atoms with Crippen LogP contribution in [0, 0.1) is 0 Å². The number of aromatic nitrogens is 1. The quantitative estimate of drug-likeness (QED) is 0.809. The number of methoxy groups -OCH3 is 1. The normalized spacial score (nSPS) is 15.2. The summed E-state index contributed by atoms with van der Waals surface area (Å²) in [7, 11) is 1.64. The molecule has 1 amide bonds. The van der Waals surface area contributed by atoms with Gasteiger partial charge in [-0.2, -0.15) is 0 Å². The number of benzene rings is 1. The minimum absolute atomic E-state index is 0.0552. The van der Waals surface area contributed by atoms with Crippen molar-refractivity contribution in [3.63, 3.8) is 0 Å². The van der Waals surface area contributed by atoms with E-state index in [2.05, 4.69) is 9.88 Å². The van der Waals surface area contributed by atoms with Gasteiger partial charge in [0.25, 0.3) is 0 Å². The molecule has 1 fully saturated rings. The van der Waals surface area contributed by atoms with Gasteiger partial charge in [0, 0.05) is 43.8 Å². The standard InChI is InChI=1S/C17H19N3O2S/c1-22-15-5-2-14(3-6-15)4-7-16(21)19-9-11-20(12-10-19)17-18-8-13-23-17/h2-8,13H,9-12H2,1H3. The third kappa shape index (κ3) is 3.90. The summed E-state index contributed by atoms with van der Waals surface area (Å²) in [4.78, 5) is 20.7. The van der Waals surface area contributed by atoms with E-state index in [0.29, 0.717) is 0 Å². The SMILES string of the molecule is COc1ccc(C=CC(=O)N2CCN(c3nccs3)CC2)cc1. The Morgan fingerprint density at radius 2 is 1.96 bits per heavy atom. The molecule has 0 atom stereocenters.